The van der Waals surface area contributed by atoms with Crippen LogP contribution in [0, 0.1) is 5.82 Å². The molecule has 2 heterocycles. The first kappa shape index (κ1) is 14.4. The highest BCUT2D eigenvalue weighted by molar-refractivity contribution is 5.97. The van der Waals surface area contributed by atoms with Gasteiger partial charge in [-0.25, -0.2) is 4.39 Å². The number of aromatic amines is 1. The number of carbonyl (C=O) groups excluding carboxylic acids is 1. The molecule has 0 fully saturated rings. The van der Waals surface area contributed by atoms with Crippen LogP contribution >= 0.6 is 0 Å². The largest absolute Gasteiger partial charge is 0.361 e. The number of nitrogens with one attached hydrogen (secondary N) is 2. The SMILES string of the molecule is O=C(Cc1c[nH]c2ccc(F)cc12)Nc1ccc2ncccc2c1. The molecule has 4 aromatic rings. The molecule has 0 radical (unpaired) electrons. The third kappa shape index (κ3) is 2.72. The van der Waals surface area contributed by atoms with Crippen molar-refractivity contribution in [3.63, 3.8) is 0 Å². The van der Waals surface area contributed by atoms with Crippen LogP contribution in [0.1, 0.15) is 5.56 Å². The lowest BCUT2D eigenvalue weighted by atomic mass is 10.1. The monoisotopic (exact) mass is 319 g/mol. The summed E-state index contributed by atoms with van der Waals surface area (Å²) < 4.78 is 13.4. The van der Waals surface area contributed by atoms with Gasteiger partial charge in [0, 0.05) is 34.4 Å². The molecule has 0 unspecified atom stereocenters. The standard InChI is InChI=1S/C19H14FN3O/c20-14-3-5-18-16(10-14)13(11-22-18)9-19(24)23-15-4-6-17-12(8-15)2-1-7-21-17/h1-8,10-11,22H,9H2,(H,23,24). The molecule has 0 aliphatic carbocycles. The molecule has 0 bridgehead atoms. The predicted octanol–water partition coefficient (Wildman–Crippen LogP) is 4.04. The van der Waals surface area contributed by atoms with Crippen LogP contribution in [0.15, 0.2) is 60.9 Å². The Balaban J connectivity index is 1.55. The van der Waals surface area contributed by atoms with Gasteiger partial charge in [-0.15, -0.1) is 0 Å². The Labute approximate surface area is 137 Å². The molecule has 0 aliphatic heterocycles. The van der Waals surface area contributed by atoms with E-state index < -0.39 is 0 Å². The normalized spacial score (nSPS) is 11.0. The number of hydrogen-bond donors (Lipinski definition) is 2. The Morgan fingerprint density at radius 3 is 3.00 bits per heavy atom. The van der Waals surface area contributed by atoms with E-state index in [9.17, 15) is 9.18 Å². The van der Waals surface area contributed by atoms with Crippen molar-refractivity contribution in [3.05, 3.63) is 72.3 Å². The highest BCUT2D eigenvalue weighted by Crippen LogP contribution is 2.21. The number of hydrogen-bond acceptors (Lipinski definition) is 2. The van der Waals surface area contributed by atoms with Gasteiger partial charge in [0.1, 0.15) is 5.82 Å². The Hall–Kier alpha value is -3.21. The highest BCUT2D eigenvalue weighted by atomic mass is 19.1. The summed E-state index contributed by atoms with van der Waals surface area (Å²) in [7, 11) is 0. The van der Waals surface area contributed by atoms with Crippen molar-refractivity contribution < 1.29 is 9.18 Å². The minimum absolute atomic E-state index is 0.150. The van der Waals surface area contributed by atoms with E-state index in [1.807, 2.05) is 30.3 Å². The molecule has 0 saturated carbocycles. The van der Waals surface area contributed by atoms with Gasteiger partial charge < -0.3 is 10.3 Å². The van der Waals surface area contributed by atoms with Crippen LogP contribution in [-0.4, -0.2) is 15.9 Å². The van der Waals surface area contributed by atoms with Gasteiger partial charge in [-0.3, -0.25) is 9.78 Å². The van der Waals surface area contributed by atoms with Gasteiger partial charge in [-0.2, -0.15) is 0 Å². The number of H-pyrrole nitrogens is 1. The van der Waals surface area contributed by atoms with Crippen molar-refractivity contribution in [2.45, 2.75) is 6.42 Å². The number of aromatic nitrogens is 2. The maximum Gasteiger partial charge on any atom is 0.228 e. The first-order valence-corrected chi connectivity index (χ1v) is 7.59. The van der Waals surface area contributed by atoms with Gasteiger partial charge in [-0.1, -0.05) is 6.07 Å². The zero-order chi connectivity index (χ0) is 16.5. The van der Waals surface area contributed by atoms with Gasteiger partial charge in [0.15, 0.2) is 0 Å². The van der Waals surface area contributed by atoms with Crippen LogP contribution in [0.5, 0.6) is 0 Å². The second-order valence-corrected chi connectivity index (χ2v) is 5.64. The average Bonchev–Trinajstić information content (AvgIpc) is 2.97. The molecule has 4 nitrogen and oxygen atoms in total. The number of carbonyl (C=O) groups is 1. The number of fused-ring (bicyclic) bond motifs is 2. The summed E-state index contributed by atoms with van der Waals surface area (Å²) in [5.41, 5.74) is 3.18. The molecule has 0 atom stereocenters. The van der Waals surface area contributed by atoms with E-state index >= 15 is 0 Å². The maximum atomic E-state index is 13.4. The van der Waals surface area contributed by atoms with Gasteiger partial charge >= 0.3 is 0 Å². The van der Waals surface area contributed by atoms with Gasteiger partial charge in [0.2, 0.25) is 5.91 Å². The number of nitrogens with zero attached hydrogens (tertiary/aromatic N) is 1. The molecule has 0 saturated heterocycles. The molecule has 118 valence electrons. The van der Waals surface area contributed by atoms with E-state index in [1.54, 1.807) is 18.5 Å². The van der Waals surface area contributed by atoms with E-state index in [0.29, 0.717) is 5.69 Å². The van der Waals surface area contributed by atoms with Crippen LogP contribution < -0.4 is 5.32 Å². The zero-order valence-electron chi connectivity index (χ0n) is 12.7. The van der Waals surface area contributed by atoms with Crippen molar-refractivity contribution in [2.24, 2.45) is 0 Å². The molecular weight excluding hydrogens is 305 g/mol. The van der Waals surface area contributed by atoms with Crippen molar-refractivity contribution in [3.8, 4) is 0 Å². The molecule has 4 rings (SSSR count). The highest BCUT2D eigenvalue weighted by Gasteiger charge is 2.10. The number of benzene rings is 2. The third-order valence-electron chi connectivity index (χ3n) is 3.97. The first-order chi connectivity index (χ1) is 11.7. The summed E-state index contributed by atoms with van der Waals surface area (Å²) in [4.78, 5) is 19.6. The second kappa shape index (κ2) is 5.77. The van der Waals surface area contributed by atoms with Crippen molar-refractivity contribution in [1.82, 2.24) is 9.97 Å². The molecule has 2 aromatic carbocycles. The fourth-order valence-corrected chi connectivity index (χ4v) is 2.83. The number of rotatable bonds is 3. The number of pyridine rings is 1. The molecule has 0 aliphatic rings. The quantitative estimate of drug-likeness (QED) is 0.599. The molecule has 24 heavy (non-hydrogen) atoms. The zero-order valence-corrected chi connectivity index (χ0v) is 12.7. The summed E-state index contributed by atoms with van der Waals surface area (Å²) in [6.45, 7) is 0. The van der Waals surface area contributed by atoms with Gasteiger partial charge in [0.05, 0.1) is 11.9 Å². The summed E-state index contributed by atoms with van der Waals surface area (Å²) in [5, 5.41) is 4.57. The maximum absolute atomic E-state index is 13.4. The lowest BCUT2D eigenvalue weighted by molar-refractivity contribution is -0.115. The van der Waals surface area contributed by atoms with E-state index in [1.165, 1.54) is 12.1 Å². The smallest absolute Gasteiger partial charge is 0.228 e. The van der Waals surface area contributed by atoms with Crippen LogP contribution in [0.25, 0.3) is 21.8 Å². The average molecular weight is 319 g/mol. The van der Waals surface area contributed by atoms with Crippen LogP contribution in [-0.2, 0) is 11.2 Å². The fraction of sp³-hybridized carbons (Fsp3) is 0.0526. The van der Waals surface area contributed by atoms with Crippen molar-refractivity contribution in [1.29, 1.82) is 0 Å². The summed E-state index contributed by atoms with van der Waals surface area (Å²) >= 11 is 0. The van der Waals surface area contributed by atoms with Gasteiger partial charge in [-0.05, 0) is 48.0 Å². The Morgan fingerprint density at radius 2 is 2.08 bits per heavy atom. The molecule has 2 N–H and O–H groups in total. The Bertz CT molecular complexity index is 1050. The van der Waals surface area contributed by atoms with Crippen LogP contribution in [0.3, 0.4) is 0 Å². The van der Waals surface area contributed by atoms with E-state index in [0.717, 1.165) is 27.4 Å². The second-order valence-electron chi connectivity index (χ2n) is 5.64. The molecular formula is C19H14FN3O. The van der Waals surface area contributed by atoms with E-state index in [-0.39, 0.29) is 18.1 Å². The summed E-state index contributed by atoms with van der Waals surface area (Å²) in [6.07, 6.45) is 3.65. The fourth-order valence-electron chi connectivity index (χ4n) is 2.83. The topological polar surface area (TPSA) is 57.8 Å². The van der Waals surface area contributed by atoms with Crippen LogP contribution in [0.4, 0.5) is 10.1 Å². The summed E-state index contributed by atoms with van der Waals surface area (Å²) in [5.74, 6) is -0.464. The molecule has 5 heteroatoms. The molecule has 0 spiro atoms. The number of amides is 1. The number of halogens is 1. The Morgan fingerprint density at radius 1 is 1.17 bits per heavy atom. The molecule has 1 amide bonds. The minimum Gasteiger partial charge on any atom is -0.361 e. The van der Waals surface area contributed by atoms with E-state index in [4.69, 9.17) is 0 Å². The number of anilines is 1. The Kier molecular flexibility index (Phi) is 3.46. The van der Waals surface area contributed by atoms with Gasteiger partial charge in [0.25, 0.3) is 0 Å². The predicted molar refractivity (Wildman–Crippen MR) is 92.3 cm³/mol. The van der Waals surface area contributed by atoms with Crippen molar-refractivity contribution in [2.75, 3.05) is 5.32 Å². The van der Waals surface area contributed by atoms with Crippen LogP contribution in [0.2, 0.25) is 0 Å². The first-order valence-electron chi connectivity index (χ1n) is 7.59. The minimum atomic E-state index is -0.314. The lowest BCUT2D eigenvalue weighted by Crippen LogP contribution is -2.14. The molecule has 2 aromatic heterocycles. The third-order valence-corrected chi connectivity index (χ3v) is 3.97. The van der Waals surface area contributed by atoms with E-state index in [2.05, 4.69) is 15.3 Å². The lowest BCUT2D eigenvalue weighted by Gasteiger charge is -2.06. The summed E-state index contributed by atoms with van der Waals surface area (Å²) in [6, 6.07) is 13.9. The van der Waals surface area contributed by atoms with Crippen molar-refractivity contribution >= 4 is 33.4 Å².